The molecule has 0 aromatic heterocycles. The van der Waals surface area contributed by atoms with Gasteiger partial charge in [0.05, 0.1) is 19.8 Å². The fraction of sp³-hybridized carbons (Fsp3) is 0.357. The van der Waals surface area contributed by atoms with Crippen molar-refractivity contribution in [2.24, 2.45) is 0 Å². The molecule has 0 aliphatic carbocycles. The summed E-state index contributed by atoms with van der Waals surface area (Å²) in [5.41, 5.74) is 1.15. The van der Waals surface area contributed by atoms with Crippen molar-refractivity contribution in [3.63, 3.8) is 0 Å². The Balaban J connectivity index is 2.24. The summed E-state index contributed by atoms with van der Waals surface area (Å²) in [6.07, 6.45) is 3.96. The van der Waals surface area contributed by atoms with Crippen LogP contribution in [0, 0.1) is 0 Å². The van der Waals surface area contributed by atoms with E-state index in [9.17, 15) is 4.79 Å². The third-order valence-corrected chi connectivity index (χ3v) is 2.30. The van der Waals surface area contributed by atoms with E-state index in [2.05, 4.69) is 4.74 Å². The fourth-order valence-electron chi connectivity index (χ4n) is 1.30. The highest BCUT2D eigenvalue weighted by Gasteiger charge is 2.00. The molecule has 1 rings (SSSR count). The zero-order valence-electron chi connectivity index (χ0n) is 10.3. The van der Waals surface area contributed by atoms with Gasteiger partial charge in [-0.25, -0.2) is 4.79 Å². The number of rotatable bonds is 6. The second-order valence-electron chi connectivity index (χ2n) is 3.77. The summed E-state index contributed by atoms with van der Waals surface area (Å²) in [7, 11) is 1.36. The average Bonchev–Trinajstić information content (AvgIpc) is 2.37. The minimum absolute atomic E-state index is 0.0797. The van der Waals surface area contributed by atoms with Crippen LogP contribution in [0.15, 0.2) is 42.5 Å². The highest BCUT2D eigenvalue weighted by Crippen LogP contribution is 2.05. The predicted octanol–water partition coefficient (Wildman–Crippen LogP) is 2.71. The second-order valence-corrected chi connectivity index (χ2v) is 3.77. The van der Waals surface area contributed by atoms with Crippen LogP contribution < -0.4 is 0 Å². The number of hydrogen-bond acceptors (Lipinski definition) is 3. The van der Waals surface area contributed by atoms with E-state index in [1.165, 1.54) is 13.2 Å². The molecule has 0 N–H and O–H groups in total. The predicted molar refractivity (Wildman–Crippen MR) is 66.5 cm³/mol. The minimum atomic E-state index is -0.333. The van der Waals surface area contributed by atoms with Gasteiger partial charge >= 0.3 is 5.97 Å². The van der Waals surface area contributed by atoms with Gasteiger partial charge in [0, 0.05) is 6.08 Å². The quantitative estimate of drug-likeness (QED) is 0.561. The van der Waals surface area contributed by atoms with Gasteiger partial charge in [-0.05, 0) is 18.9 Å². The Bertz CT molecular complexity index is 357. The van der Waals surface area contributed by atoms with Crippen molar-refractivity contribution in [3.8, 4) is 0 Å². The summed E-state index contributed by atoms with van der Waals surface area (Å²) in [6, 6.07) is 10.0. The van der Waals surface area contributed by atoms with Crippen molar-refractivity contribution in [2.45, 2.75) is 26.1 Å². The molecule has 17 heavy (non-hydrogen) atoms. The van der Waals surface area contributed by atoms with Crippen LogP contribution in [0.2, 0.25) is 0 Å². The molecule has 0 heterocycles. The van der Waals surface area contributed by atoms with E-state index >= 15 is 0 Å². The summed E-state index contributed by atoms with van der Waals surface area (Å²) < 4.78 is 10.1. The SMILES string of the molecule is COC(=O)/C=C/C[C@@H](C)OCc1ccccc1. The smallest absolute Gasteiger partial charge is 0.330 e. The number of carbonyl (C=O) groups excluding carboxylic acids is 1. The zero-order valence-corrected chi connectivity index (χ0v) is 10.3. The maximum absolute atomic E-state index is 10.8. The normalized spacial score (nSPS) is 12.6. The van der Waals surface area contributed by atoms with Gasteiger partial charge in [0.15, 0.2) is 0 Å². The molecular formula is C14H18O3. The Hall–Kier alpha value is -1.61. The molecule has 0 amide bonds. The van der Waals surface area contributed by atoms with Crippen LogP contribution in [0.4, 0.5) is 0 Å². The van der Waals surface area contributed by atoms with E-state index in [1.807, 2.05) is 37.3 Å². The molecule has 0 bridgehead atoms. The summed E-state index contributed by atoms with van der Waals surface area (Å²) in [6.45, 7) is 2.57. The minimum Gasteiger partial charge on any atom is -0.466 e. The molecule has 0 saturated heterocycles. The highest BCUT2D eigenvalue weighted by atomic mass is 16.5. The van der Waals surface area contributed by atoms with Crippen molar-refractivity contribution >= 4 is 5.97 Å². The zero-order chi connectivity index (χ0) is 12.5. The molecule has 1 aromatic rings. The van der Waals surface area contributed by atoms with Crippen LogP contribution in [0.3, 0.4) is 0 Å². The summed E-state index contributed by atoms with van der Waals surface area (Å²) in [4.78, 5) is 10.8. The molecule has 3 nitrogen and oxygen atoms in total. The van der Waals surface area contributed by atoms with Gasteiger partial charge < -0.3 is 9.47 Å². The van der Waals surface area contributed by atoms with Gasteiger partial charge in [0.25, 0.3) is 0 Å². The molecular weight excluding hydrogens is 216 g/mol. The highest BCUT2D eigenvalue weighted by molar-refractivity contribution is 5.81. The molecule has 0 spiro atoms. The van der Waals surface area contributed by atoms with Gasteiger partial charge in [0.1, 0.15) is 0 Å². The molecule has 0 unspecified atom stereocenters. The molecule has 92 valence electrons. The number of ether oxygens (including phenoxy) is 2. The van der Waals surface area contributed by atoms with E-state index in [1.54, 1.807) is 6.08 Å². The summed E-state index contributed by atoms with van der Waals surface area (Å²) >= 11 is 0. The van der Waals surface area contributed by atoms with E-state index in [0.29, 0.717) is 13.0 Å². The van der Waals surface area contributed by atoms with Gasteiger partial charge in [-0.2, -0.15) is 0 Å². The Kier molecular flexibility index (Phi) is 6.04. The Morgan fingerprint density at radius 3 is 2.71 bits per heavy atom. The third kappa shape index (κ3) is 5.88. The largest absolute Gasteiger partial charge is 0.466 e. The van der Waals surface area contributed by atoms with Crippen molar-refractivity contribution in [3.05, 3.63) is 48.0 Å². The van der Waals surface area contributed by atoms with Crippen LogP contribution in [0.1, 0.15) is 18.9 Å². The standard InChI is InChI=1S/C14H18O3/c1-12(7-6-10-14(15)16-2)17-11-13-8-4-3-5-9-13/h3-6,8-10,12H,7,11H2,1-2H3/b10-6+/t12-/m1/s1. The van der Waals surface area contributed by atoms with Crippen molar-refractivity contribution in [1.82, 2.24) is 0 Å². The Labute approximate surface area is 102 Å². The van der Waals surface area contributed by atoms with Crippen LogP contribution in [-0.4, -0.2) is 19.2 Å². The number of esters is 1. The molecule has 0 aliphatic rings. The lowest BCUT2D eigenvalue weighted by molar-refractivity contribution is -0.134. The molecule has 0 radical (unpaired) electrons. The average molecular weight is 234 g/mol. The summed E-state index contributed by atoms with van der Waals surface area (Å²) in [5, 5.41) is 0. The van der Waals surface area contributed by atoms with Gasteiger partial charge in [-0.3, -0.25) is 0 Å². The molecule has 0 aliphatic heterocycles. The van der Waals surface area contributed by atoms with Crippen molar-refractivity contribution in [2.75, 3.05) is 7.11 Å². The van der Waals surface area contributed by atoms with Crippen LogP contribution in [0.5, 0.6) is 0 Å². The van der Waals surface area contributed by atoms with Crippen LogP contribution in [-0.2, 0) is 20.9 Å². The number of carbonyl (C=O) groups is 1. The first kappa shape index (κ1) is 13.5. The third-order valence-electron chi connectivity index (χ3n) is 2.30. The van der Waals surface area contributed by atoms with E-state index in [4.69, 9.17) is 4.74 Å². The lowest BCUT2D eigenvalue weighted by atomic mass is 10.2. The fourth-order valence-corrected chi connectivity index (χ4v) is 1.30. The second kappa shape index (κ2) is 7.63. The molecule has 1 atom stereocenters. The summed E-state index contributed by atoms with van der Waals surface area (Å²) in [5.74, 6) is -0.333. The van der Waals surface area contributed by atoms with E-state index in [0.717, 1.165) is 5.56 Å². The lowest BCUT2D eigenvalue weighted by Crippen LogP contribution is -2.07. The maximum atomic E-state index is 10.8. The molecule has 3 heteroatoms. The van der Waals surface area contributed by atoms with Crippen LogP contribution in [0.25, 0.3) is 0 Å². The molecule has 0 fully saturated rings. The Morgan fingerprint density at radius 2 is 2.06 bits per heavy atom. The first-order valence-electron chi connectivity index (χ1n) is 5.62. The lowest BCUT2D eigenvalue weighted by Gasteiger charge is -2.10. The maximum Gasteiger partial charge on any atom is 0.330 e. The first-order chi connectivity index (χ1) is 8.22. The molecule has 0 saturated carbocycles. The van der Waals surface area contributed by atoms with Gasteiger partial charge in [-0.1, -0.05) is 36.4 Å². The van der Waals surface area contributed by atoms with Gasteiger partial charge in [-0.15, -0.1) is 0 Å². The molecule has 1 aromatic carbocycles. The topological polar surface area (TPSA) is 35.5 Å². The van der Waals surface area contributed by atoms with Gasteiger partial charge in [0.2, 0.25) is 0 Å². The van der Waals surface area contributed by atoms with E-state index in [-0.39, 0.29) is 12.1 Å². The number of hydrogen-bond donors (Lipinski definition) is 0. The van der Waals surface area contributed by atoms with E-state index < -0.39 is 0 Å². The Morgan fingerprint density at radius 1 is 1.35 bits per heavy atom. The van der Waals surface area contributed by atoms with Crippen molar-refractivity contribution in [1.29, 1.82) is 0 Å². The number of methoxy groups -OCH3 is 1. The first-order valence-corrected chi connectivity index (χ1v) is 5.62. The van der Waals surface area contributed by atoms with Crippen LogP contribution >= 0.6 is 0 Å². The van der Waals surface area contributed by atoms with Crippen molar-refractivity contribution < 1.29 is 14.3 Å². The monoisotopic (exact) mass is 234 g/mol. The number of benzene rings is 1.